The third-order valence-electron chi connectivity index (χ3n) is 6.26. The average molecular weight is 454 g/mol. The Hall–Kier alpha value is -4.39. The van der Waals surface area contributed by atoms with E-state index in [1.807, 2.05) is 26.0 Å². The van der Waals surface area contributed by atoms with Crippen LogP contribution < -0.4 is 9.64 Å². The summed E-state index contributed by atoms with van der Waals surface area (Å²) in [7, 11) is 1.52. The number of hydrogen-bond donors (Lipinski definition) is 1. The molecule has 3 heterocycles. The van der Waals surface area contributed by atoms with Gasteiger partial charge < -0.3 is 14.3 Å². The van der Waals surface area contributed by atoms with Gasteiger partial charge in [0.1, 0.15) is 0 Å². The number of pyridine rings is 1. The molecule has 34 heavy (non-hydrogen) atoms. The maximum Gasteiger partial charge on any atom is 0.294 e. The molecule has 1 aliphatic rings. The molecule has 0 saturated carbocycles. The lowest BCUT2D eigenvalue weighted by molar-refractivity contribution is -0.117. The minimum absolute atomic E-state index is 0.00993. The molecule has 4 aromatic rings. The van der Waals surface area contributed by atoms with Crippen LogP contribution in [0.1, 0.15) is 33.3 Å². The molecule has 1 unspecified atom stereocenters. The van der Waals surface area contributed by atoms with E-state index in [4.69, 9.17) is 9.15 Å². The number of carbonyl (C=O) groups excluding carboxylic acids is 2. The number of aliphatic hydroxyl groups excluding tert-OH is 1. The predicted molar refractivity (Wildman–Crippen MR) is 127 cm³/mol. The molecule has 0 fully saturated rings. The number of methoxy groups -OCH3 is 1. The predicted octanol–water partition coefficient (Wildman–Crippen LogP) is 5.24. The Balaban J connectivity index is 1.68. The molecule has 2 aromatic heterocycles. The lowest BCUT2D eigenvalue weighted by Gasteiger charge is -2.28. The highest BCUT2D eigenvalue weighted by Gasteiger charge is 2.45. The van der Waals surface area contributed by atoms with Crippen molar-refractivity contribution in [2.75, 3.05) is 12.0 Å². The van der Waals surface area contributed by atoms with Crippen molar-refractivity contribution in [3.05, 3.63) is 101 Å². The molecule has 0 bridgehead atoms. The van der Waals surface area contributed by atoms with E-state index in [1.54, 1.807) is 54.9 Å². The van der Waals surface area contributed by atoms with Crippen LogP contribution in [-0.4, -0.2) is 28.9 Å². The number of aliphatic hydroxyl groups is 1. The fraction of sp³-hybridized carbons (Fsp3) is 0.148. The minimum Gasteiger partial charge on any atom is -0.503 e. The van der Waals surface area contributed by atoms with Crippen molar-refractivity contribution in [2.24, 2.45) is 0 Å². The summed E-state index contributed by atoms with van der Waals surface area (Å²) < 4.78 is 11.2. The second kappa shape index (κ2) is 8.19. The smallest absolute Gasteiger partial charge is 0.294 e. The third-order valence-corrected chi connectivity index (χ3v) is 6.26. The highest BCUT2D eigenvalue weighted by Crippen LogP contribution is 2.43. The summed E-state index contributed by atoms with van der Waals surface area (Å²) >= 11 is 0. The number of anilines is 1. The Kier molecular flexibility index (Phi) is 5.17. The summed E-state index contributed by atoms with van der Waals surface area (Å²) in [6.07, 6.45) is 3.18. The first-order chi connectivity index (χ1) is 16.4. The van der Waals surface area contributed by atoms with Gasteiger partial charge >= 0.3 is 0 Å². The highest BCUT2D eigenvalue weighted by atomic mass is 16.5. The largest absolute Gasteiger partial charge is 0.503 e. The molecular formula is C27H22N2O5. The molecule has 1 atom stereocenters. The SMILES string of the molecule is COc1cccc2cc(C(=O)C3=C(O)C(=O)N(c4cccc(C)c4C)C3c3ccncc3)oc12. The normalized spacial score (nSPS) is 15.9. The number of aromatic nitrogens is 1. The van der Waals surface area contributed by atoms with Crippen LogP contribution in [0.3, 0.4) is 0 Å². The van der Waals surface area contributed by atoms with Crippen LogP contribution in [-0.2, 0) is 4.79 Å². The number of benzene rings is 2. The van der Waals surface area contributed by atoms with Crippen LogP contribution in [0, 0.1) is 13.8 Å². The van der Waals surface area contributed by atoms with Gasteiger partial charge in [-0.15, -0.1) is 0 Å². The Morgan fingerprint density at radius 2 is 1.82 bits per heavy atom. The first-order valence-electron chi connectivity index (χ1n) is 10.8. The number of amides is 1. The molecule has 0 radical (unpaired) electrons. The van der Waals surface area contributed by atoms with Gasteiger partial charge in [0.2, 0.25) is 5.78 Å². The number of ketones is 1. The lowest BCUT2D eigenvalue weighted by atomic mass is 9.95. The van der Waals surface area contributed by atoms with Crippen molar-refractivity contribution in [3.63, 3.8) is 0 Å². The number of aryl methyl sites for hydroxylation is 1. The minimum atomic E-state index is -0.849. The number of ether oxygens (including phenoxy) is 1. The second-order valence-corrected chi connectivity index (χ2v) is 8.16. The van der Waals surface area contributed by atoms with Crippen LogP contribution >= 0.6 is 0 Å². The number of Topliss-reactive ketones (excluding diaryl/α,β-unsaturated/α-hetero) is 1. The Labute approximate surface area is 195 Å². The molecule has 1 amide bonds. The van der Waals surface area contributed by atoms with E-state index in [9.17, 15) is 14.7 Å². The first-order valence-corrected chi connectivity index (χ1v) is 10.8. The van der Waals surface area contributed by atoms with Crippen LogP contribution in [0.2, 0.25) is 0 Å². The molecule has 1 N–H and O–H groups in total. The van der Waals surface area contributed by atoms with E-state index in [2.05, 4.69) is 4.98 Å². The van der Waals surface area contributed by atoms with Crippen molar-refractivity contribution in [1.29, 1.82) is 0 Å². The van der Waals surface area contributed by atoms with Gasteiger partial charge in [-0.1, -0.05) is 24.3 Å². The van der Waals surface area contributed by atoms with Gasteiger partial charge in [-0.2, -0.15) is 0 Å². The van der Waals surface area contributed by atoms with E-state index in [0.717, 1.165) is 11.1 Å². The van der Waals surface area contributed by atoms with E-state index in [0.29, 0.717) is 28.0 Å². The zero-order valence-corrected chi connectivity index (χ0v) is 18.9. The van der Waals surface area contributed by atoms with Crippen LogP contribution in [0.4, 0.5) is 5.69 Å². The van der Waals surface area contributed by atoms with Gasteiger partial charge in [0, 0.05) is 23.5 Å². The van der Waals surface area contributed by atoms with Gasteiger partial charge in [-0.25, -0.2) is 0 Å². The maximum absolute atomic E-state index is 13.7. The summed E-state index contributed by atoms with van der Waals surface area (Å²) in [4.78, 5) is 32.6. The number of nitrogens with zero attached hydrogens (tertiary/aromatic N) is 2. The van der Waals surface area contributed by atoms with Gasteiger partial charge in [0.15, 0.2) is 22.9 Å². The monoisotopic (exact) mass is 454 g/mol. The summed E-state index contributed by atoms with van der Waals surface area (Å²) in [5.41, 5.74) is 3.50. The van der Waals surface area contributed by atoms with E-state index < -0.39 is 23.5 Å². The summed E-state index contributed by atoms with van der Waals surface area (Å²) in [5, 5.41) is 11.7. The van der Waals surface area contributed by atoms with E-state index >= 15 is 0 Å². The number of rotatable bonds is 5. The number of carbonyl (C=O) groups is 2. The topological polar surface area (TPSA) is 92.9 Å². The quantitative estimate of drug-likeness (QED) is 0.415. The van der Waals surface area contributed by atoms with Crippen molar-refractivity contribution in [3.8, 4) is 5.75 Å². The first kappa shape index (κ1) is 21.5. The summed E-state index contributed by atoms with van der Waals surface area (Å²) in [6.45, 7) is 3.85. The Bertz CT molecular complexity index is 1470. The summed E-state index contributed by atoms with van der Waals surface area (Å²) in [5.74, 6) is -1.32. The molecule has 1 aliphatic heterocycles. The van der Waals surface area contributed by atoms with Crippen LogP contribution in [0.5, 0.6) is 5.75 Å². The third kappa shape index (κ3) is 3.25. The molecule has 0 saturated heterocycles. The van der Waals surface area contributed by atoms with Crippen LogP contribution in [0.25, 0.3) is 11.0 Å². The molecular weight excluding hydrogens is 432 g/mol. The van der Waals surface area contributed by atoms with Gasteiger partial charge in [-0.3, -0.25) is 19.5 Å². The molecule has 0 spiro atoms. The van der Waals surface area contributed by atoms with E-state index in [-0.39, 0.29) is 11.3 Å². The molecule has 5 rings (SSSR count). The van der Waals surface area contributed by atoms with Crippen LogP contribution in [0.15, 0.2) is 82.7 Å². The number of fused-ring (bicyclic) bond motifs is 1. The Morgan fingerprint density at radius 1 is 1.09 bits per heavy atom. The second-order valence-electron chi connectivity index (χ2n) is 8.16. The standard InChI is InChI=1S/C27H22N2O5/c1-15-6-4-8-19(16(15)2)29-23(17-10-12-28-13-11-17)22(25(31)27(29)32)24(30)21-14-18-7-5-9-20(33-3)26(18)34-21/h4-14,23,31H,1-3H3. The van der Waals surface area contributed by atoms with Gasteiger partial charge in [0.05, 0.1) is 18.7 Å². The number of furan rings is 1. The van der Waals surface area contributed by atoms with Crippen molar-refractivity contribution >= 4 is 28.3 Å². The summed E-state index contributed by atoms with van der Waals surface area (Å²) in [6, 6.07) is 15.1. The number of hydrogen-bond acceptors (Lipinski definition) is 6. The molecule has 2 aromatic carbocycles. The maximum atomic E-state index is 13.7. The molecule has 170 valence electrons. The zero-order chi connectivity index (χ0) is 24.0. The zero-order valence-electron chi connectivity index (χ0n) is 18.9. The van der Waals surface area contributed by atoms with Crippen molar-refractivity contribution in [2.45, 2.75) is 19.9 Å². The average Bonchev–Trinajstić information content (AvgIpc) is 3.40. The fourth-order valence-corrected chi connectivity index (χ4v) is 4.39. The highest BCUT2D eigenvalue weighted by molar-refractivity contribution is 6.21. The molecule has 0 aliphatic carbocycles. The molecule has 7 nitrogen and oxygen atoms in total. The van der Waals surface area contributed by atoms with Gasteiger partial charge in [-0.05, 0) is 60.9 Å². The van der Waals surface area contributed by atoms with Gasteiger partial charge in [0.25, 0.3) is 5.91 Å². The Morgan fingerprint density at radius 3 is 2.56 bits per heavy atom. The molecule has 7 heteroatoms. The van der Waals surface area contributed by atoms with E-state index in [1.165, 1.54) is 12.0 Å². The fourth-order valence-electron chi connectivity index (χ4n) is 4.39. The van der Waals surface area contributed by atoms with Crippen molar-refractivity contribution in [1.82, 2.24) is 4.98 Å². The van der Waals surface area contributed by atoms with Crippen molar-refractivity contribution < 1.29 is 23.8 Å². The number of para-hydroxylation sites is 1. The lowest BCUT2D eigenvalue weighted by Crippen LogP contribution is -2.31.